The monoisotopic (exact) mass is 238 g/mol. The van der Waals surface area contributed by atoms with Crippen LogP contribution in [0.5, 0.6) is 0 Å². The summed E-state index contributed by atoms with van der Waals surface area (Å²) in [5, 5.41) is 1.97. The van der Waals surface area contributed by atoms with Crippen LogP contribution in [-0.2, 0) is 11.2 Å². The molecule has 0 aliphatic heterocycles. The van der Waals surface area contributed by atoms with Crippen LogP contribution in [0.3, 0.4) is 0 Å². The summed E-state index contributed by atoms with van der Waals surface area (Å²) in [6.45, 7) is 6.81. The summed E-state index contributed by atoms with van der Waals surface area (Å²) >= 11 is 1.72. The Bertz CT molecular complexity index is 395. The van der Waals surface area contributed by atoms with E-state index in [0.29, 0.717) is 18.4 Å². The van der Waals surface area contributed by atoms with E-state index in [9.17, 15) is 4.79 Å². The minimum absolute atomic E-state index is 0.152. The Morgan fingerprint density at radius 2 is 2.31 bits per heavy atom. The molecule has 2 atom stereocenters. The van der Waals surface area contributed by atoms with Crippen molar-refractivity contribution in [1.29, 1.82) is 0 Å². The van der Waals surface area contributed by atoms with E-state index in [1.54, 1.807) is 11.3 Å². The predicted octanol–water partition coefficient (Wildman–Crippen LogP) is 3.61. The summed E-state index contributed by atoms with van der Waals surface area (Å²) in [6.07, 6.45) is 2.26. The Morgan fingerprint density at radius 3 is 3.00 bits per heavy atom. The molecule has 0 aromatic carbocycles. The van der Waals surface area contributed by atoms with Crippen LogP contribution in [0.15, 0.2) is 5.38 Å². The maximum absolute atomic E-state index is 11.8. The van der Waals surface area contributed by atoms with Gasteiger partial charge < -0.3 is 4.74 Å². The molecule has 0 saturated carbocycles. The van der Waals surface area contributed by atoms with Crippen molar-refractivity contribution >= 4 is 17.3 Å². The number of hydrogen-bond donors (Lipinski definition) is 0. The molecule has 2 unspecified atom stereocenters. The van der Waals surface area contributed by atoms with E-state index in [0.717, 1.165) is 12.0 Å². The fourth-order valence-electron chi connectivity index (χ4n) is 2.54. The molecule has 3 heteroatoms. The molecule has 1 aromatic rings. The minimum Gasteiger partial charge on any atom is -0.462 e. The van der Waals surface area contributed by atoms with E-state index in [4.69, 9.17) is 4.74 Å². The molecule has 1 aromatic heterocycles. The van der Waals surface area contributed by atoms with Crippen LogP contribution < -0.4 is 0 Å². The summed E-state index contributed by atoms with van der Waals surface area (Å²) in [7, 11) is 0. The number of thiophene rings is 1. The number of ether oxygens (including phenoxy) is 1. The summed E-state index contributed by atoms with van der Waals surface area (Å²) < 4.78 is 5.09. The average Bonchev–Trinajstić information content (AvgIpc) is 2.61. The van der Waals surface area contributed by atoms with Crippen LogP contribution in [0, 0.1) is 5.92 Å². The number of fused-ring (bicyclic) bond motifs is 1. The van der Waals surface area contributed by atoms with Gasteiger partial charge in [0.2, 0.25) is 0 Å². The van der Waals surface area contributed by atoms with Gasteiger partial charge in [0, 0.05) is 10.3 Å². The van der Waals surface area contributed by atoms with Gasteiger partial charge in [-0.15, -0.1) is 11.3 Å². The molecule has 88 valence electrons. The van der Waals surface area contributed by atoms with Gasteiger partial charge in [-0.2, -0.15) is 0 Å². The molecule has 2 nitrogen and oxygen atoms in total. The fraction of sp³-hybridized carbons (Fsp3) is 0.615. The second-order valence-electron chi connectivity index (χ2n) is 4.66. The van der Waals surface area contributed by atoms with Gasteiger partial charge in [0.15, 0.2) is 0 Å². The summed E-state index contributed by atoms with van der Waals surface area (Å²) in [6, 6.07) is 0. The standard InChI is InChI=1S/C13H18O2S/c1-4-15-13(14)11-7-16-12-9(3)5-8(2)6-10(11)12/h7-9H,4-6H2,1-3H3. The summed E-state index contributed by atoms with van der Waals surface area (Å²) in [5.74, 6) is 1.11. The van der Waals surface area contributed by atoms with Crippen molar-refractivity contribution in [2.45, 2.75) is 39.5 Å². The molecule has 0 saturated heterocycles. The molecular formula is C13H18O2S. The number of esters is 1. The van der Waals surface area contributed by atoms with Crippen molar-refractivity contribution < 1.29 is 9.53 Å². The minimum atomic E-state index is -0.152. The Labute approximate surface area is 101 Å². The number of carbonyl (C=O) groups excluding carboxylic acids is 1. The van der Waals surface area contributed by atoms with E-state index in [2.05, 4.69) is 13.8 Å². The van der Waals surface area contributed by atoms with Gasteiger partial charge in [-0.3, -0.25) is 0 Å². The first-order valence-corrected chi connectivity index (χ1v) is 6.78. The van der Waals surface area contributed by atoms with Crippen LogP contribution >= 0.6 is 11.3 Å². The van der Waals surface area contributed by atoms with Crippen molar-refractivity contribution in [2.75, 3.05) is 6.61 Å². The quantitative estimate of drug-likeness (QED) is 0.736. The SMILES string of the molecule is CCOC(=O)c1csc2c1CC(C)CC2C. The largest absolute Gasteiger partial charge is 0.462 e. The Kier molecular flexibility index (Phi) is 3.33. The van der Waals surface area contributed by atoms with Crippen LogP contribution in [0.1, 0.15) is 53.9 Å². The van der Waals surface area contributed by atoms with E-state index in [1.807, 2.05) is 12.3 Å². The first-order valence-electron chi connectivity index (χ1n) is 5.90. The van der Waals surface area contributed by atoms with Crippen molar-refractivity contribution in [3.05, 3.63) is 21.4 Å². The van der Waals surface area contributed by atoms with Crippen LogP contribution in [-0.4, -0.2) is 12.6 Å². The molecule has 0 spiro atoms. The normalized spacial score (nSPS) is 23.9. The van der Waals surface area contributed by atoms with Gasteiger partial charge >= 0.3 is 5.97 Å². The Balaban J connectivity index is 2.32. The lowest BCUT2D eigenvalue weighted by molar-refractivity contribution is 0.0525. The van der Waals surface area contributed by atoms with Gasteiger partial charge in [0.25, 0.3) is 0 Å². The highest BCUT2D eigenvalue weighted by atomic mass is 32.1. The lowest BCUT2D eigenvalue weighted by atomic mass is 9.82. The number of carbonyl (C=O) groups is 1. The molecule has 16 heavy (non-hydrogen) atoms. The third kappa shape index (κ3) is 2.01. The zero-order chi connectivity index (χ0) is 11.7. The molecule has 0 N–H and O–H groups in total. The topological polar surface area (TPSA) is 26.3 Å². The molecule has 1 heterocycles. The Hall–Kier alpha value is -0.830. The van der Waals surface area contributed by atoms with E-state index in [1.165, 1.54) is 16.9 Å². The third-order valence-corrected chi connectivity index (χ3v) is 4.43. The maximum atomic E-state index is 11.8. The van der Waals surface area contributed by atoms with Crippen LogP contribution in [0.2, 0.25) is 0 Å². The zero-order valence-electron chi connectivity index (χ0n) is 10.1. The molecule has 0 bridgehead atoms. The second-order valence-corrected chi connectivity index (χ2v) is 5.57. The first-order chi connectivity index (χ1) is 7.63. The van der Waals surface area contributed by atoms with Gasteiger partial charge in [0.05, 0.1) is 12.2 Å². The third-order valence-electron chi connectivity index (χ3n) is 3.18. The van der Waals surface area contributed by atoms with E-state index < -0.39 is 0 Å². The van der Waals surface area contributed by atoms with Crippen molar-refractivity contribution in [3.63, 3.8) is 0 Å². The number of hydrogen-bond acceptors (Lipinski definition) is 3. The number of rotatable bonds is 2. The van der Waals surface area contributed by atoms with Crippen molar-refractivity contribution in [1.82, 2.24) is 0 Å². The highest BCUT2D eigenvalue weighted by Crippen LogP contribution is 2.40. The van der Waals surface area contributed by atoms with Crippen molar-refractivity contribution in [3.8, 4) is 0 Å². The fourth-order valence-corrected chi connectivity index (χ4v) is 3.69. The van der Waals surface area contributed by atoms with E-state index >= 15 is 0 Å². The van der Waals surface area contributed by atoms with Crippen LogP contribution in [0.25, 0.3) is 0 Å². The van der Waals surface area contributed by atoms with Gasteiger partial charge in [-0.05, 0) is 37.2 Å². The highest BCUT2D eigenvalue weighted by Gasteiger charge is 2.28. The molecule has 0 amide bonds. The lowest BCUT2D eigenvalue weighted by Gasteiger charge is -2.24. The smallest absolute Gasteiger partial charge is 0.339 e. The molecule has 0 radical (unpaired) electrons. The maximum Gasteiger partial charge on any atom is 0.339 e. The lowest BCUT2D eigenvalue weighted by Crippen LogP contribution is -2.16. The zero-order valence-corrected chi connectivity index (χ0v) is 10.9. The molecule has 1 aliphatic carbocycles. The second kappa shape index (κ2) is 4.58. The molecular weight excluding hydrogens is 220 g/mol. The van der Waals surface area contributed by atoms with Crippen molar-refractivity contribution in [2.24, 2.45) is 5.92 Å². The predicted molar refractivity (Wildman–Crippen MR) is 66.2 cm³/mol. The van der Waals surface area contributed by atoms with Gasteiger partial charge in [-0.25, -0.2) is 4.79 Å². The average molecular weight is 238 g/mol. The van der Waals surface area contributed by atoms with Gasteiger partial charge in [0.1, 0.15) is 0 Å². The molecule has 1 aliphatic rings. The summed E-state index contributed by atoms with van der Waals surface area (Å²) in [5.41, 5.74) is 2.05. The Morgan fingerprint density at radius 1 is 1.56 bits per heavy atom. The molecule has 0 fully saturated rings. The van der Waals surface area contributed by atoms with Crippen LogP contribution in [0.4, 0.5) is 0 Å². The van der Waals surface area contributed by atoms with Gasteiger partial charge in [-0.1, -0.05) is 13.8 Å². The van der Waals surface area contributed by atoms with E-state index in [-0.39, 0.29) is 5.97 Å². The molecule has 2 rings (SSSR count). The first kappa shape index (κ1) is 11.6. The summed E-state index contributed by atoms with van der Waals surface area (Å²) in [4.78, 5) is 13.2. The highest BCUT2D eigenvalue weighted by molar-refractivity contribution is 7.10.